The van der Waals surface area contributed by atoms with Crippen molar-refractivity contribution in [1.82, 2.24) is 0 Å². The fourth-order valence-electron chi connectivity index (χ4n) is 2.37. The van der Waals surface area contributed by atoms with Crippen LogP contribution in [0.15, 0.2) is 12.2 Å². The summed E-state index contributed by atoms with van der Waals surface area (Å²) in [6, 6.07) is 0. The molecule has 0 N–H and O–H groups in total. The van der Waals surface area contributed by atoms with E-state index >= 15 is 0 Å². The Morgan fingerprint density at radius 1 is 1.25 bits per heavy atom. The highest BCUT2D eigenvalue weighted by Gasteiger charge is 2.19. The Morgan fingerprint density at radius 3 is 2.31 bits per heavy atom. The third kappa shape index (κ3) is 4.38. The average Bonchev–Trinajstić information content (AvgIpc) is 2.29. The molecule has 0 unspecified atom stereocenters. The molecule has 0 amide bonds. The molecule has 0 radical (unpaired) electrons. The van der Waals surface area contributed by atoms with Crippen molar-refractivity contribution in [1.29, 1.82) is 0 Å². The van der Waals surface area contributed by atoms with E-state index in [-0.39, 0.29) is 5.97 Å². The van der Waals surface area contributed by atoms with Gasteiger partial charge in [0.05, 0.1) is 6.61 Å². The number of rotatable bonds is 5. The molecule has 0 bridgehead atoms. The quantitative estimate of drug-likeness (QED) is 0.525. The van der Waals surface area contributed by atoms with Gasteiger partial charge >= 0.3 is 5.97 Å². The summed E-state index contributed by atoms with van der Waals surface area (Å²) in [7, 11) is 0. The molecular weight excluding hydrogens is 200 g/mol. The van der Waals surface area contributed by atoms with Crippen LogP contribution in [0.4, 0.5) is 0 Å². The highest BCUT2D eigenvalue weighted by atomic mass is 16.5. The van der Waals surface area contributed by atoms with E-state index in [1.807, 2.05) is 0 Å². The first-order valence-corrected chi connectivity index (χ1v) is 6.46. The molecule has 1 fully saturated rings. The molecule has 16 heavy (non-hydrogen) atoms. The molecule has 0 aromatic rings. The maximum atomic E-state index is 11.2. The zero-order valence-electron chi connectivity index (χ0n) is 10.6. The first kappa shape index (κ1) is 13.3. The van der Waals surface area contributed by atoms with E-state index in [9.17, 15) is 4.79 Å². The van der Waals surface area contributed by atoms with Crippen LogP contribution < -0.4 is 0 Å². The van der Waals surface area contributed by atoms with E-state index in [1.165, 1.54) is 32.1 Å². The van der Waals surface area contributed by atoms with Gasteiger partial charge in [-0.05, 0) is 25.2 Å². The number of hydrogen-bond donors (Lipinski definition) is 0. The monoisotopic (exact) mass is 224 g/mol. The van der Waals surface area contributed by atoms with Crippen LogP contribution >= 0.6 is 0 Å². The Kier molecular flexibility index (Phi) is 5.58. The van der Waals surface area contributed by atoms with E-state index in [0.717, 1.165) is 18.3 Å². The molecule has 2 nitrogen and oxygen atoms in total. The minimum absolute atomic E-state index is 0.248. The van der Waals surface area contributed by atoms with Gasteiger partial charge in [-0.25, -0.2) is 4.79 Å². The van der Waals surface area contributed by atoms with Gasteiger partial charge in [0.15, 0.2) is 0 Å². The summed E-state index contributed by atoms with van der Waals surface area (Å²) in [6.07, 6.45) is 7.67. The predicted molar refractivity (Wildman–Crippen MR) is 66.1 cm³/mol. The normalized spacial score (nSPS) is 25.1. The van der Waals surface area contributed by atoms with E-state index in [2.05, 4.69) is 13.5 Å². The molecule has 92 valence electrons. The fraction of sp³-hybridized carbons (Fsp3) is 0.786. The van der Waals surface area contributed by atoms with E-state index in [0.29, 0.717) is 12.2 Å². The Morgan fingerprint density at radius 2 is 1.81 bits per heavy atom. The van der Waals surface area contributed by atoms with Crippen LogP contribution in [0.2, 0.25) is 0 Å². The summed E-state index contributed by atoms with van der Waals surface area (Å²) in [4.78, 5) is 11.2. The van der Waals surface area contributed by atoms with Crippen LogP contribution in [-0.4, -0.2) is 12.6 Å². The van der Waals surface area contributed by atoms with Gasteiger partial charge in [0.2, 0.25) is 0 Å². The Hall–Kier alpha value is -0.790. The van der Waals surface area contributed by atoms with Crippen LogP contribution in [0.25, 0.3) is 0 Å². The molecule has 0 spiro atoms. The van der Waals surface area contributed by atoms with Crippen molar-refractivity contribution in [3.8, 4) is 0 Å². The second-order valence-corrected chi connectivity index (χ2v) is 5.00. The van der Waals surface area contributed by atoms with Crippen molar-refractivity contribution in [2.45, 2.75) is 52.4 Å². The topological polar surface area (TPSA) is 26.3 Å². The lowest BCUT2D eigenvalue weighted by molar-refractivity contribution is -0.139. The van der Waals surface area contributed by atoms with Crippen molar-refractivity contribution in [3.05, 3.63) is 12.2 Å². The minimum atomic E-state index is -0.248. The van der Waals surface area contributed by atoms with Gasteiger partial charge in [0, 0.05) is 5.57 Å². The Balaban J connectivity index is 2.11. The Bertz CT molecular complexity index is 237. The zero-order chi connectivity index (χ0) is 12.0. The maximum Gasteiger partial charge on any atom is 0.333 e. The van der Waals surface area contributed by atoms with Crippen molar-refractivity contribution in [3.63, 3.8) is 0 Å². The molecule has 0 aromatic carbocycles. The van der Waals surface area contributed by atoms with Gasteiger partial charge in [0.25, 0.3) is 0 Å². The smallest absolute Gasteiger partial charge is 0.333 e. The van der Waals surface area contributed by atoms with Crippen LogP contribution in [0.3, 0.4) is 0 Å². The van der Waals surface area contributed by atoms with Crippen molar-refractivity contribution in [2.75, 3.05) is 6.61 Å². The van der Waals surface area contributed by atoms with Gasteiger partial charge < -0.3 is 4.74 Å². The minimum Gasteiger partial charge on any atom is -0.462 e. The predicted octanol–water partition coefficient (Wildman–Crippen LogP) is 3.71. The van der Waals surface area contributed by atoms with Crippen LogP contribution in [0, 0.1) is 11.8 Å². The lowest BCUT2D eigenvalue weighted by atomic mass is 9.80. The molecule has 1 aliphatic carbocycles. The number of carbonyl (C=O) groups is 1. The summed E-state index contributed by atoms with van der Waals surface area (Å²) < 4.78 is 5.12. The summed E-state index contributed by atoms with van der Waals surface area (Å²) in [5, 5.41) is 0. The van der Waals surface area contributed by atoms with Crippen LogP contribution in [-0.2, 0) is 9.53 Å². The Labute approximate surface area is 99.1 Å². The van der Waals surface area contributed by atoms with Crippen molar-refractivity contribution < 1.29 is 9.53 Å². The van der Waals surface area contributed by atoms with Gasteiger partial charge in [-0.3, -0.25) is 0 Å². The largest absolute Gasteiger partial charge is 0.462 e. The first-order valence-electron chi connectivity index (χ1n) is 6.46. The lowest BCUT2D eigenvalue weighted by Gasteiger charge is -2.27. The maximum absolute atomic E-state index is 11.2. The molecular formula is C14H24O2. The van der Waals surface area contributed by atoms with Crippen molar-refractivity contribution >= 4 is 5.97 Å². The molecule has 1 saturated carbocycles. The van der Waals surface area contributed by atoms with Crippen LogP contribution in [0.5, 0.6) is 0 Å². The summed E-state index contributed by atoms with van der Waals surface area (Å²) in [6.45, 7) is 8.10. The van der Waals surface area contributed by atoms with Gasteiger partial charge in [0.1, 0.15) is 0 Å². The van der Waals surface area contributed by atoms with E-state index < -0.39 is 0 Å². The number of carbonyl (C=O) groups excluding carboxylic acids is 1. The summed E-state index contributed by atoms with van der Waals surface area (Å²) in [5.74, 6) is 1.46. The number of ether oxygens (including phenoxy) is 1. The molecule has 1 aliphatic rings. The molecule has 0 aliphatic heterocycles. The van der Waals surface area contributed by atoms with Gasteiger partial charge in [-0.2, -0.15) is 0 Å². The molecule has 2 heteroatoms. The average molecular weight is 224 g/mol. The second kappa shape index (κ2) is 6.72. The van der Waals surface area contributed by atoms with E-state index in [1.54, 1.807) is 6.92 Å². The third-order valence-corrected chi connectivity index (χ3v) is 3.65. The van der Waals surface area contributed by atoms with Gasteiger partial charge in [-0.15, -0.1) is 0 Å². The zero-order valence-corrected chi connectivity index (χ0v) is 10.6. The first-order chi connectivity index (χ1) is 7.63. The second-order valence-electron chi connectivity index (χ2n) is 5.00. The molecule has 1 rings (SSSR count). The number of hydrogen-bond acceptors (Lipinski definition) is 2. The SMILES string of the molecule is C=C(C)C(=O)OCCC1CCC(CC)CC1. The number of esters is 1. The molecule has 0 aromatic heterocycles. The molecule has 0 saturated heterocycles. The van der Waals surface area contributed by atoms with Gasteiger partial charge in [-0.1, -0.05) is 45.6 Å². The third-order valence-electron chi connectivity index (χ3n) is 3.65. The summed E-state index contributed by atoms with van der Waals surface area (Å²) >= 11 is 0. The van der Waals surface area contributed by atoms with E-state index in [4.69, 9.17) is 4.74 Å². The lowest BCUT2D eigenvalue weighted by Crippen LogP contribution is -2.16. The standard InChI is InChI=1S/C14H24O2/c1-4-12-5-7-13(8-6-12)9-10-16-14(15)11(2)3/h12-13H,2,4-10H2,1,3H3. The fourth-order valence-corrected chi connectivity index (χ4v) is 2.37. The molecule has 0 atom stereocenters. The molecule has 0 heterocycles. The van der Waals surface area contributed by atoms with Crippen LogP contribution in [0.1, 0.15) is 52.4 Å². The highest BCUT2D eigenvalue weighted by molar-refractivity contribution is 5.86. The summed E-state index contributed by atoms with van der Waals surface area (Å²) in [5.41, 5.74) is 0.495. The highest BCUT2D eigenvalue weighted by Crippen LogP contribution is 2.32. The van der Waals surface area contributed by atoms with Crippen molar-refractivity contribution in [2.24, 2.45) is 11.8 Å².